The van der Waals surface area contributed by atoms with E-state index >= 15 is 0 Å². The first-order valence-electron chi connectivity index (χ1n) is 4.91. The van der Waals surface area contributed by atoms with Crippen LogP contribution in [0.3, 0.4) is 0 Å². The summed E-state index contributed by atoms with van der Waals surface area (Å²) in [6, 6.07) is -0.644. The molecule has 0 saturated heterocycles. The van der Waals surface area contributed by atoms with Gasteiger partial charge in [-0.1, -0.05) is 0 Å². The molecule has 16 heavy (non-hydrogen) atoms. The van der Waals surface area contributed by atoms with Crippen molar-refractivity contribution in [1.29, 1.82) is 0 Å². The van der Waals surface area contributed by atoms with Gasteiger partial charge in [-0.15, -0.1) is 0 Å². The Balaban J connectivity index is 3.84. The second-order valence-electron chi connectivity index (χ2n) is 3.30. The molecule has 0 aliphatic rings. The number of primary amides is 1. The lowest BCUT2D eigenvalue weighted by molar-refractivity contribution is -0.127. The van der Waals surface area contributed by atoms with Gasteiger partial charge in [-0.3, -0.25) is 14.4 Å². The summed E-state index contributed by atoms with van der Waals surface area (Å²) in [4.78, 5) is 32.6. The Labute approximate surface area is 99.7 Å². The van der Waals surface area contributed by atoms with Crippen LogP contribution < -0.4 is 16.4 Å². The van der Waals surface area contributed by atoms with E-state index in [1.54, 1.807) is 0 Å². The first-order valence-corrected chi connectivity index (χ1v) is 5.54. The number of nitrogens with one attached hydrogen (secondary N) is 2. The van der Waals surface area contributed by atoms with Crippen LogP contribution in [0.2, 0.25) is 0 Å². The Hall–Kier alpha value is -1.24. The van der Waals surface area contributed by atoms with Crippen LogP contribution in [-0.4, -0.2) is 36.1 Å². The number of amides is 3. The normalized spacial score (nSPS) is 11.6. The summed E-state index contributed by atoms with van der Waals surface area (Å²) in [7, 11) is 0. The van der Waals surface area contributed by atoms with Crippen molar-refractivity contribution in [3.05, 3.63) is 0 Å². The molecule has 0 aromatic heterocycles. The molecule has 4 N–H and O–H groups in total. The molecule has 0 aromatic rings. The smallest absolute Gasteiger partial charge is 0.243 e. The Bertz CT molecular complexity index is 271. The van der Waals surface area contributed by atoms with Gasteiger partial charge in [0.2, 0.25) is 17.7 Å². The van der Waals surface area contributed by atoms with Crippen molar-refractivity contribution in [2.45, 2.75) is 25.8 Å². The summed E-state index contributed by atoms with van der Waals surface area (Å²) in [5.41, 5.74) is 4.94. The monoisotopic (exact) mass is 247 g/mol. The lowest BCUT2D eigenvalue weighted by Crippen LogP contribution is -2.47. The third kappa shape index (κ3) is 7.10. The number of carbonyl (C=O) groups is 3. The van der Waals surface area contributed by atoms with Gasteiger partial charge in [0, 0.05) is 25.6 Å². The largest absolute Gasteiger partial charge is 0.370 e. The fraction of sp³-hybridized carbons (Fsp3) is 0.667. The Kier molecular flexibility index (Phi) is 7.36. The number of rotatable bonds is 7. The minimum absolute atomic E-state index is 0.223. The average molecular weight is 247 g/mol. The second-order valence-corrected chi connectivity index (χ2v) is 3.66. The lowest BCUT2D eigenvalue weighted by atomic mass is 10.2. The minimum Gasteiger partial charge on any atom is -0.370 e. The molecule has 0 bridgehead atoms. The molecular formula is C9H17N3O3S. The van der Waals surface area contributed by atoms with Crippen LogP contribution in [0.25, 0.3) is 0 Å². The Morgan fingerprint density at radius 3 is 2.44 bits per heavy atom. The zero-order chi connectivity index (χ0) is 12.6. The maximum Gasteiger partial charge on any atom is 0.243 e. The van der Waals surface area contributed by atoms with Gasteiger partial charge >= 0.3 is 0 Å². The summed E-state index contributed by atoms with van der Waals surface area (Å²) >= 11 is 3.96. The van der Waals surface area contributed by atoms with Crippen molar-refractivity contribution in [3.8, 4) is 0 Å². The van der Waals surface area contributed by atoms with Gasteiger partial charge in [-0.2, -0.15) is 12.6 Å². The van der Waals surface area contributed by atoms with E-state index in [-0.39, 0.29) is 24.0 Å². The number of carbonyl (C=O) groups excluding carboxylic acids is 3. The molecule has 0 fully saturated rings. The topological polar surface area (TPSA) is 101 Å². The van der Waals surface area contributed by atoms with Crippen LogP contribution in [0.15, 0.2) is 0 Å². The van der Waals surface area contributed by atoms with Gasteiger partial charge in [0.25, 0.3) is 0 Å². The quantitative estimate of drug-likeness (QED) is 0.336. The summed E-state index contributed by atoms with van der Waals surface area (Å²) < 4.78 is 0. The van der Waals surface area contributed by atoms with Crippen LogP contribution in [-0.2, 0) is 14.4 Å². The average Bonchev–Trinajstić information content (AvgIpc) is 2.20. The highest BCUT2D eigenvalue weighted by Crippen LogP contribution is 1.90. The van der Waals surface area contributed by atoms with E-state index < -0.39 is 11.9 Å². The molecule has 0 radical (unpaired) electrons. The second kappa shape index (κ2) is 7.98. The standard InChI is InChI=1S/C9H17N3O3S/c1-6(13)12-7(5-16)9(15)11-4-2-3-8(10)14/h7,16H,2-5H2,1H3,(H2,10,14)(H,11,15)(H,12,13). The fourth-order valence-electron chi connectivity index (χ4n) is 1.04. The van der Waals surface area contributed by atoms with Crippen molar-refractivity contribution >= 4 is 30.4 Å². The van der Waals surface area contributed by atoms with Crippen molar-refractivity contribution in [2.75, 3.05) is 12.3 Å². The number of nitrogens with two attached hydrogens (primary N) is 1. The first-order chi connectivity index (χ1) is 7.47. The lowest BCUT2D eigenvalue weighted by Gasteiger charge is -2.14. The summed E-state index contributed by atoms with van der Waals surface area (Å²) in [5, 5.41) is 5.04. The van der Waals surface area contributed by atoms with Crippen molar-refractivity contribution < 1.29 is 14.4 Å². The van der Waals surface area contributed by atoms with Gasteiger partial charge in [0.15, 0.2) is 0 Å². The minimum atomic E-state index is -0.644. The molecular weight excluding hydrogens is 230 g/mol. The molecule has 0 aliphatic heterocycles. The van der Waals surface area contributed by atoms with Crippen LogP contribution >= 0.6 is 12.6 Å². The van der Waals surface area contributed by atoms with Gasteiger partial charge < -0.3 is 16.4 Å². The van der Waals surface area contributed by atoms with Crippen LogP contribution in [0.4, 0.5) is 0 Å². The molecule has 0 spiro atoms. The molecule has 0 saturated carbocycles. The summed E-state index contributed by atoms with van der Waals surface area (Å²) in [5.74, 6) is -0.774. The molecule has 0 aliphatic carbocycles. The molecule has 92 valence electrons. The molecule has 1 unspecified atom stereocenters. The highest BCUT2D eigenvalue weighted by molar-refractivity contribution is 7.80. The SMILES string of the molecule is CC(=O)NC(CS)C(=O)NCCCC(N)=O. The van der Waals surface area contributed by atoms with E-state index in [9.17, 15) is 14.4 Å². The predicted octanol–water partition coefficient (Wildman–Crippen LogP) is -1.20. The zero-order valence-electron chi connectivity index (χ0n) is 9.16. The molecule has 6 nitrogen and oxygen atoms in total. The zero-order valence-corrected chi connectivity index (χ0v) is 10.0. The maximum atomic E-state index is 11.5. The van der Waals surface area contributed by atoms with Crippen molar-refractivity contribution in [3.63, 3.8) is 0 Å². The van der Waals surface area contributed by atoms with Crippen LogP contribution in [0.1, 0.15) is 19.8 Å². The highest BCUT2D eigenvalue weighted by Gasteiger charge is 2.16. The number of thiol groups is 1. The molecule has 3 amide bonds. The molecule has 0 aromatic carbocycles. The van der Waals surface area contributed by atoms with E-state index in [2.05, 4.69) is 23.3 Å². The van der Waals surface area contributed by atoms with Crippen LogP contribution in [0.5, 0.6) is 0 Å². The van der Waals surface area contributed by atoms with Gasteiger partial charge in [-0.25, -0.2) is 0 Å². The highest BCUT2D eigenvalue weighted by atomic mass is 32.1. The van der Waals surface area contributed by atoms with E-state index in [1.807, 2.05) is 0 Å². The van der Waals surface area contributed by atoms with E-state index in [1.165, 1.54) is 6.92 Å². The summed E-state index contributed by atoms with van der Waals surface area (Å²) in [6.07, 6.45) is 0.715. The molecule has 0 heterocycles. The van der Waals surface area contributed by atoms with Crippen LogP contribution in [0, 0.1) is 0 Å². The van der Waals surface area contributed by atoms with E-state index in [0.29, 0.717) is 13.0 Å². The van der Waals surface area contributed by atoms with Gasteiger partial charge in [0.1, 0.15) is 6.04 Å². The molecule has 1 atom stereocenters. The third-order valence-corrected chi connectivity index (χ3v) is 2.14. The van der Waals surface area contributed by atoms with E-state index in [0.717, 1.165) is 0 Å². The molecule has 7 heteroatoms. The van der Waals surface area contributed by atoms with Gasteiger partial charge in [-0.05, 0) is 6.42 Å². The van der Waals surface area contributed by atoms with E-state index in [4.69, 9.17) is 5.73 Å². The molecule has 0 rings (SSSR count). The number of hydrogen-bond acceptors (Lipinski definition) is 4. The first kappa shape index (κ1) is 14.8. The third-order valence-electron chi connectivity index (χ3n) is 1.78. The Morgan fingerprint density at radius 1 is 1.38 bits per heavy atom. The van der Waals surface area contributed by atoms with Crippen molar-refractivity contribution in [2.24, 2.45) is 5.73 Å². The number of hydrogen-bond donors (Lipinski definition) is 4. The van der Waals surface area contributed by atoms with Gasteiger partial charge in [0.05, 0.1) is 0 Å². The summed E-state index contributed by atoms with van der Waals surface area (Å²) in [6.45, 7) is 1.68. The van der Waals surface area contributed by atoms with Crippen molar-refractivity contribution in [1.82, 2.24) is 10.6 Å². The predicted molar refractivity (Wildman–Crippen MR) is 62.9 cm³/mol. The fourth-order valence-corrected chi connectivity index (χ4v) is 1.29. The maximum absolute atomic E-state index is 11.5. The Morgan fingerprint density at radius 2 is 2.00 bits per heavy atom.